The quantitative estimate of drug-likeness (QED) is 0.674. The van der Waals surface area contributed by atoms with Crippen LogP contribution in [0.2, 0.25) is 0 Å². The lowest BCUT2D eigenvalue weighted by molar-refractivity contribution is -0.117. The minimum atomic E-state index is -0.379. The molecule has 25 heavy (non-hydrogen) atoms. The van der Waals surface area contributed by atoms with Crippen molar-refractivity contribution in [3.8, 4) is 17.6 Å². The van der Waals surface area contributed by atoms with Crippen LogP contribution in [0, 0.1) is 18.3 Å². The van der Waals surface area contributed by atoms with Crippen molar-refractivity contribution in [2.75, 3.05) is 13.3 Å². The largest absolute Gasteiger partial charge is 0.454 e. The molecule has 1 aliphatic heterocycles. The van der Waals surface area contributed by atoms with Crippen LogP contribution in [-0.4, -0.2) is 19.2 Å². The molecule has 3 rings (SSSR count). The fraction of sp³-hybridized carbons (Fsp3) is 0.200. The zero-order chi connectivity index (χ0) is 17.6. The summed E-state index contributed by atoms with van der Waals surface area (Å²) in [4.78, 5) is 12.3. The van der Waals surface area contributed by atoms with E-state index in [4.69, 9.17) is 9.47 Å². The van der Waals surface area contributed by atoms with E-state index in [0.29, 0.717) is 24.5 Å². The van der Waals surface area contributed by atoms with Crippen LogP contribution in [0.25, 0.3) is 6.08 Å². The summed E-state index contributed by atoms with van der Waals surface area (Å²) in [6.07, 6.45) is 2.30. The van der Waals surface area contributed by atoms with E-state index < -0.39 is 0 Å². The molecule has 1 amide bonds. The van der Waals surface area contributed by atoms with Gasteiger partial charge in [-0.15, -0.1) is 0 Å². The third kappa shape index (κ3) is 3.99. The van der Waals surface area contributed by atoms with E-state index in [1.807, 2.05) is 49.4 Å². The first-order valence-electron chi connectivity index (χ1n) is 8.01. The summed E-state index contributed by atoms with van der Waals surface area (Å²) in [5.41, 5.74) is 2.88. The molecular formula is C20H18N2O3. The number of carbonyl (C=O) groups excluding carboxylic acids is 1. The predicted molar refractivity (Wildman–Crippen MR) is 94.0 cm³/mol. The van der Waals surface area contributed by atoms with Crippen molar-refractivity contribution >= 4 is 12.0 Å². The highest BCUT2D eigenvalue weighted by Crippen LogP contribution is 2.35. The highest BCUT2D eigenvalue weighted by Gasteiger charge is 2.16. The van der Waals surface area contributed by atoms with Crippen molar-refractivity contribution in [1.82, 2.24) is 5.32 Å². The molecule has 5 heteroatoms. The van der Waals surface area contributed by atoms with Gasteiger partial charge in [-0.25, -0.2) is 0 Å². The maximum atomic E-state index is 12.3. The van der Waals surface area contributed by atoms with Crippen LogP contribution in [0.1, 0.15) is 16.7 Å². The van der Waals surface area contributed by atoms with Gasteiger partial charge in [0.2, 0.25) is 6.79 Å². The van der Waals surface area contributed by atoms with Crippen molar-refractivity contribution in [3.05, 3.63) is 64.7 Å². The topological polar surface area (TPSA) is 71.4 Å². The molecule has 1 heterocycles. The number of ether oxygens (including phenoxy) is 2. The van der Waals surface area contributed by atoms with Gasteiger partial charge in [0.15, 0.2) is 11.5 Å². The number of hydrogen-bond acceptors (Lipinski definition) is 4. The first kappa shape index (κ1) is 16.6. The lowest BCUT2D eigenvalue weighted by Crippen LogP contribution is -2.26. The number of hydrogen-bond donors (Lipinski definition) is 1. The average molecular weight is 334 g/mol. The zero-order valence-corrected chi connectivity index (χ0v) is 13.9. The van der Waals surface area contributed by atoms with E-state index >= 15 is 0 Å². The van der Waals surface area contributed by atoms with Crippen LogP contribution in [-0.2, 0) is 11.2 Å². The van der Waals surface area contributed by atoms with Gasteiger partial charge in [-0.1, -0.05) is 30.3 Å². The van der Waals surface area contributed by atoms with E-state index in [2.05, 4.69) is 5.32 Å². The standard InChI is InChI=1S/C20H18N2O3/c1-14-9-18-19(25-13-24-18)11-16(14)10-17(12-21)20(23)22-8-7-15-5-3-2-4-6-15/h2-6,9-11H,7-8,13H2,1H3,(H,22,23). The molecule has 0 bridgehead atoms. The van der Waals surface area contributed by atoms with Crippen LogP contribution < -0.4 is 14.8 Å². The fourth-order valence-corrected chi connectivity index (χ4v) is 2.58. The number of fused-ring (bicyclic) bond motifs is 1. The Hall–Kier alpha value is -3.26. The molecule has 0 saturated carbocycles. The first-order valence-corrected chi connectivity index (χ1v) is 8.01. The number of nitriles is 1. The number of benzene rings is 2. The van der Waals surface area contributed by atoms with Crippen LogP contribution >= 0.6 is 0 Å². The van der Waals surface area contributed by atoms with E-state index in [9.17, 15) is 10.1 Å². The Kier molecular flexibility index (Phi) is 5.00. The average Bonchev–Trinajstić information content (AvgIpc) is 3.07. The van der Waals surface area contributed by atoms with Gasteiger partial charge < -0.3 is 14.8 Å². The van der Waals surface area contributed by atoms with Crippen LogP contribution in [0.15, 0.2) is 48.0 Å². The SMILES string of the molecule is Cc1cc2c(cc1C=C(C#N)C(=O)NCCc1ccccc1)OCO2. The molecular weight excluding hydrogens is 316 g/mol. The smallest absolute Gasteiger partial charge is 0.261 e. The van der Waals surface area contributed by atoms with Crippen molar-refractivity contribution in [1.29, 1.82) is 5.26 Å². The Morgan fingerprint density at radius 3 is 2.68 bits per heavy atom. The molecule has 0 fully saturated rings. The maximum absolute atomic E-state index is 12.3. The molecule has 5 nitrogen and oxygen atoms in total. The highest BCUT2D eigenvalue weighted by atomic mass is 16.7. The molecule has 2 aromatic carbocycles. The van der Waals surface area contributed by atoms with E-state index in [1.165, 1.54) is 0 Å². The number of aryl methyl sites for hydroxylation is 1. The Morgan fingerprint density at radius 2 is 1.96 bits per heavy atom. The Bertz CT molecular complexity index is 851. The van der Waals surface area contributed by atoms with Crippen molar-refractivity contribution in [3.63, 3.8) is 0 Å². The molecule has 1 N–H and O–H groups in total. The van der Waals surface area contributed by atoms with Gasteiger partial charge in [-0.3, -0.25) is 4.79 Å². The zero-order valence-electron chi connectivity index (χ0n) is 13.9. The Morgan fingerprint density at radius 1 is 1.24 bits per heavy atom. The van der Waals surface area contributed by atoms with E-state index in [0.717, 1.165) is 16.7 Å². The summed E-state index contributed by atoms with van der Waals surface area (Å²) in [6, 6.07) is 15.5. The third-order valence-corrected chi connectivity index (χ3v) is 3.97. The van der Waals surface area contributed by atoms with E-state index in [1.54, 1.807) is 12.1 Å². The molecule has 0 saturated heterocycles. The molecule has 0 atom stereocenters. The van der Waals surface area contributed by atoms with Gasteiger partial charge >= 0.3 is 0 Å². The molecule has 0 aliphatic carbocycles. The minimum Gasteiger partial charge on any atom is -0.454 e. The maximum Gasteiger partial charge on any atom is 0.261 e. The summed E-state index contributed by atoms with van der Waals surface area (Å²) in [7, 11) is 0. The van der Waals surface area contributed by atoms with Gasteiger partial charge in [-0.05, 0) is 48.2 Å². The number of nitrogens with one attached hydrogen (secondary N) is 1. The predicted octanol–water partition coefficient (Wildman–Crippen LogP) is 2.99. The van der Waals surface area contributed by atoms with Crippen LogP contribution in [0.4, 0.5) is 0 Å². The monoisotopic (exact) mass is 334 g/mol. The summed E-state index contributed by atoms with van der Waals surface area (Å²) in [6.45, 7) is 2.56. The molecule has 0 aromatic heterocycles. The molecule has 126 valence electrons. The number of carbonyl (C=O) groups is 1. The van der Waals surface area contributed by atoms with Crippen LogP contribution in [0.5, 0.6) is 11.5 Å². The fourth-order valence-electron chi connectivity index (χ4n) is 2.58. The Labute approximate surface area is 146 Å². The first-order chi connectivity index (χ1) is 12.2. The second-order valence-corrected chi connectivity index (χ2v) is 5.72. The normalized spacial score (nSPS) is 12.6. The molecule has 0 radical (unpaired) electrons. The summed E-state index contributed by atoms with van der Waals surface area (Å²) in [5.74, 6) is 0.926. The number of rotatable bonds is 5. The summed E-state index contributed by atoms with van der Waals surface area (Å²) >= 11 is 0. The van der Waals surface area contributed by atoms with Gasteiger partial charge in [0, 0.05) is 6.54 Å². The highest BCUT2D eigenvalue weighted by molar-refractivity contribution is 6.01. The van der Waals surface area contributed by atoms with Gasteiger partial charge in [0.1, 0.15) is 11.6 Å². The van der Waals surface area contributed by atoms with Crippen LogP contribution in [0.3, 0.4) is 0 Å². The summed E-state index contributed by atoms with van der Waals surface area (Å²) in [5, 5.41) is 12.1. The lowest BCUT2D eigenvalue weighted by atomic mass is 10.0. The van der Waals surface area contributed by atoms with Crippen molar-refractivity contribution in [2.45, 2.75) is 13.3 Å². The van der Waals surface area contributed by atoms with Crippen molar-refractivity contribution < 1.29 is 14.3 Å². The second-order valence-electron chi connectivity index (χ2n) is 5.72. The number of nitrogens with zero attached hydrogens (tertiary/aromatic N) is 1. The van der Waals surface area contributed by atoms with Gasteiger partial charge in [0.25, 0.3) is 5.91 Å². The van der Waals surface area contributed by atoms with Gasteiger partial charge in [-0.2, -0.15) is 5.26 Å². The molecule has 1 aliphatic rings. The minimum absolute atomic E-state index is 0.0648. The summed E-state index contributed by atoms with van der Waals surface area (Å²) < 4.78 is 10.7. The third-order valence-electron chi connectivity index (χ3n) is 3.97. The molecule has 2 aromatic rings. The Balaban J connectivity index is 1.68. The molecule has 0 spiro atoms. The number of amides is 1. The lowest BCUT2D eigenvalue weighted by Gasteiger charge is -2.06. The molecule has 0 unspecified atom stereocenters. The van der Waals surface area contributed by atoms with Gasteiger partial charge in [0.05, 0.1) is 0 Å². The van der Waals surface area contributed by atoms with Crippen molar-refractivity contribution in [2.24, 2.45) is 0 Å². The van der Waals surface area contributed by atoms with E-state index in [-0.39, 0.29) is 18.3 Å². The second kappa shape index (κ2) is 7.54.